The summed E-state index contributed by atoms with van der Waals surface area (Å²) in [7, 11) is 0. The number of aromatic nitrogens is 1. The van der Waals surface area contributed by atoms with Crippen molar-refractivity contribution >= 4 is 17.3 Å². The molecule has 0 saturated heterocycles. The molecule has 0 spiro atoms. The number of nitrogens with zero attached hydrogens (tertiary/aromatic N) is 1. The van der Waals surface area contributed by atoms with E-state index >= 15 is 0 Å². The number of carbonyl (C=O) groups is 1. The molecule has 0 amide bonds. The van der Waals surface area contributed by atoms with Gasteiger partial charge in [-0.2, -0.15) is 0 Å². The molecule has 0 bridgehead atoms. The summed E-state index contributed by atoms with van der Waals surface area (Å²) < 4.78 is 0. The summed E-state index contributed by atoms with van der Waals surface area (Å²) in [6.45, 7) is 0. The van der Waals surface area contributed by atoms with E-state index in [1.165, 1.54) is 11.3 Å². The van der Waals surface area contributed by atoms with Crippen LogP contribution in [0.15, 0.2) is 30.3 Å². The van der Waals surface area contributed by atoms with E-state index in [9.17, 15) is 9.90 Å². The van der Waals surface area contributed by atoms with Gasteiger partial charge in [0.1, 0.15) is 5.01 Å². The fourth-order valence-electron chi connectivity index (χ4n) is 2.36. The molecular formula is C14H13NO2S. The van der Waals surface area contributed by atoms with Crippen LogP contribution in [0.5, 0.6) is 0 Å². The standard InChI is InChI=1S/C14H13NO2S/c16-14(17)10-7-4-8-11-12(10)18-13(15-11)9-5-2-1-3-6-9/h1-3,5-6,10H,4,7-8H2,(H,16,17). The van der Waals surface area contributed by atoms with Crippen molar-refractivity contribution in [1.29, 1.82) is 0 Å². The van der Waals surface area contributed by atoms with Crippen molar-refractivity contribution in [2.24, 2.45) is 0 Å². The minimum absolute atomic E-state index is 0.358. The molecule has 18 heavy (non-hydrogen) atoms. The van der Waals surface area contributed by atoms with Crippen LogP contribution in [-0.4, -0.2) is 16.1 Å². The lowest BCUT2D eigenvalue weighted by atomic mass is 9.92. The van der Waals surface area contributed by atoms with Crippen LogP contribution in [0.25, 0.3) is 10.6 Å². The highest BCUT2D eigenvalue weighted by molar-refractivity contribution is 7.15. The van der Waals surface area contributed by atoms with Gasteiger partial charge in [-0.25, -0.2) is 4.98 Å². The van der Waals surface area contributed by atoms with E-state index in [-0.39, 0.29) is 5.92 Å². The SMILES string of the molecule is O=C(O)C1CCCc2nc(-c3ccccc3)sc21. The van der Waals surface area contributed by atoms with E-state index in [0.717, 1.165) is 40.4 Å². The first-order valence-electron chi connectivity index (χ1n) is 6.03. The number of thiazole rings is 1. The largest absolute Gasteiger partial charge is 0.481 e. The molecule has 1 unspecified atom stereocenters. The number of carboxylic acids is 1. The van der Waals surface area contributed by atoms with Gasteiger partial charge in [0.15, 0.2) is 0 Å². The first-order valence-corrected chi connectivity index (χ1v) is 6.85. The van der Waals surface area contributed by atoms with Crippen LogP contribution in [0.3, 0.4) is 0 Å². The summed E-state index contributed by atoms with van der Waals surface area (Å²) in [5.41, 5.74) is 2.05. The maximum atomic E-state index is 11.2. The van der Waals surface area contributed by atoms with Crippen LogP contribution >= 0.6 is 11.3 Å². The van der Waals surface area contributed by atoms with Gasteiger partial charge in [0.05, 0.1) is 11.6 Å². The lowest BCUT2D eigenvalue weighted by Crippen LogP contribution is -2.16. The van der Waals surface area contributed by atoms with Gasteiger partial charge in [0, 0.05) is 10.4 Å². The Bertz CT molecular complexity index is 577. The van der Waals surface area contributed by atoms with Gasteiger partial charge in [-0.1, -0.05) is 30.3 Å². The monoisotopic (exact) mass is 259 g/mol. The van der Waals surface area contributed by atoms with Crippen molar-refractivity contribution in [2.45, 2.75) is 25.2 Å². The fraction of sp³-hybridized carbons (Fsp3) is 0.286. The minimum Gasteiger partial charge on any atom is -0.481 e. The molecule has 1 heterocycles. The molecule has 1 aliphatic carbocycles. The van der Waals surface area contributed by atoms with Gasteiger partial charge in [0.25, 0.3) is 0 Å². The topological polar surface area (TPSA) is 50.2 Å². The van der Waals surface area contributed by atoms with E-state index in [4.69, 9.17) is 0 Å². The second kappa shape index (κ2) is 4.53. The predicted molar refractivity (Wildman–Crippen MR) is 70.9 cm³/mol. The first-order chi connectivity index (χ1) is 8.75. The van der Waals surface area contributed by atoms with Gasteiger partial charge in [0.2, 0.25) is 0 Å². The highest BCUT2D eigenvalue weighted by Gasteiger charge is 2.29. The van der Waals surface area contributed by atoms with E-state index in [2.05, 4.69) is 4.98 Å². The predicted octanol–water partition coefficient (Wildman–Crippen LogP) is 3.31. The summed E-state index contributed by atoms with van der Waals surface area (Å²) in [5.74, 6) is -1.08. The molecule has 2 aromatic rings. The van der Waals surface area contributed by atoms with Crippen molar-refractivity contribution in [1.82, 2.24) is 4.98 Å². The zero-order chi connectivity index (χ0) is 12.5. The Kier molecular flexibility index (Phi) is 2.88. The van der Waals surface area contributed by atoms with E-state index < -0.39 is 5.97 Å². The summed E-state index contributed by atoms with van der Waals surface area (Å²) in [6.07, 6.45) is 2.56. The normalized spacial score (nSPS) is 18.3. The molecule has 3 nitrogen and oxygen atoms in total. The van der Waals surface area contributed by atoms with Crippen LogP contribution in [0.1, 0.15) is 29.3 Å². The number of aliphatic carboxylic acids is 1. The molecule has 1 aromatic carbocycles. The smallest absolute Gasteiger partial charge is 0.311 e. The molecule has 1 atom stereocenters. The Labute approximate surface area is 109 Å². The summed E-state index contributed by atoms with van der Waals surface area (Å²) in [5, 5.41) is 10.2. The molecule has 1 aromatic heterocycles. The molecule has 0 fully saturated rings. The Balaban J connectivity index is 2.04. The Morgan fingerprint density at radius 3 is 2.83 bits per heavy atom. The molecule has 0 radical (unpaired) electrons. The van der Waals surface area contributed by atoms with Crippen LogP contribution in [0.2, 0.25) is 0 Å². The molecule has 1 aliphatic rings. The van der Waals surface area contributed by atoms with Crippen LogP contribution < -0.4 is 0 Å². The van der Waals surface area contributed by atoms with E-state index in [0.29, 0.717) is 0 Å². The number of hydrogen-bond acceptors (Lipinski definition) is 3. The van der Waals surface area contributed by atoms with Crippen molar-refractivity contribution in [3.8, 4) is 10.6 Å². The van der Waals surface area contributed by atoms with Crippen molar-refractivity contribution in [3.05, 3.63) is 40.9 Å². The number of fused-ring (bicyclic) bond motifs is 1. The quantitative estimate of drug-likeness (QED) is 0.900. The number of carboxylic acid groups (broad SMARTS) is 1. The van der Waals surface area contributed by atoms with Gasteiger partial charge < -0.3 is 5.11 Å². The number of rotatable bonds is 2. The second-order valence-electron chi connectivity index (χ2n) is 4.48. The lowest BCUT2D eigenvalue weighted by Gasteiger charge is -2.16. The zero-order valence-electron chi connectivity index (χ0n) is 9.80. The molecule has 4 heteroatoms. The Morgan fingerprint density at radius 1 is 1.33 bits per heavy atom. The number of hydrogen-bond donors (Lipinski definition) is 1. The maximum absolute atomic E-state index is 11.2. The highest BCUT2D eigenvalue weighted by Crippen LogP contribution is 2.39. The zero-order valence-corrected chi connectivity index (χ0v) is 10.6. The van der Waals surface area contributed by atoms with Gasteiger partial charge >= 0.3 is 5.97 Å². The van der Waals surface area contributed by atoms with Crippen LogP contribution in [-0.2, 0) is 11.2 Å². The molecule has 3 rings (SSSR count). The number of benzene rings is 1. The average Bonchev–Trinajstić information content (AvgIpc) is 2.83. The lowest BCUT2D eigenvalue weighted by molar-refractivity contribution is -0.139. The van der Waals surface area contributed by atoms with E-state index in [1.54, 1.807) is 0 Å². The summed E-state index contributed by atoms with van der Waals surface area (Å²) in [4.78, 5) is 16.8. The first kappa shape index (κ1) is 11.4. The molecular weight excluding hydrogens is 246 g/mol. The Hall–Kier alpha value is -1.68. The average molecular weight is 259 g/mol. The molecule has 1 N–H and O–H groups in total. The third kappa shape index (κ3) is 1.93. The van der Waals surface area contributed by atoms with Crippen molar-refractivity contribution < 1.29 is 9.90 Å². The molecule has 0 saturated carbocycles. The third-order valence-electron chi connectivity index (χ3n) is 3.27. The van der Waals surface area contributed by atoms with Crippen LogP contribution in [0.4, 0.5) is 0 Å². The van der Waals surface area contributed by atoms with E-state index in [1.807, 2.05) is 30.3 Å². The maximum Gasteiger partial charge on any atom is 0.311 e. The molecule has 0 aliphatic heterocycles. The van der Waals surface area contributed by atoms with Crippen molar-refractivity contribution in [3.63, 3.8) is 0 Å². The molecule has 92 valence electrons. The third-order valence-corrected chi connectivity index (χ3v) is 4.53. The minimum atomic E-state index is -0.723. The highest BCUT2D eigenvalue weighted by atomic mass is 32.1. The van der Waals surface area contributed by atoms with Gasteiger partial charge in [-0.3, -0.25) is 4.79 Å². The Morgan fingerprint density at radius 2 is 2.11 bits per heavy atom. The van der Waals surface area contributed by atoms with Crippen LogP contribution in [0, 0.1) is 0 Å². The second-order valence-corrected chi connectivity index (χ2v) is 5.51. The van der Waals surface area contributed by atoms with Crippen molar-refractivity contribution in [2.75, 3.05) is 0 Å². The fourth-order valence-corrected chi connectivity index (χ4v) is 3.60. The van der Waals surface area contributed by atoms with Gasteiger partial charge in [-0.15, -0.1) is 11.3 Å². The summed E-state index contributed by atoms with van der Waals surface area (Å²) in [6, 6.07) is 9.95. The summed E-state index contributed by atoms with van der Waals surface area (Å²) >= 11 is 1.53. The number of aryl methyl sites for hydroxylation is 1. The van der Waals surface area contributed by atoms with Gasteiger partial charge in [-0.05, 0) is 19.3 Å².